The lowest BCUT2D eigenvalue weighted by atomic mass is 10.4. The number of aromatic nitrogens is 2. The average molecular weight is 264 g/mol. The molecule has 18 heavy (non-hydrogen) atoms. The number of nitrogens with one attached hydrogen (secondary N) is 2. The third kappa shape index (κ3) is 3.17. The highest BCUT2D eigenvalue weighted by atomic mass is 32.1. The fourth-order valence-electron chi connectivity index (χ4n) is 1.32. The predicted molar refractivity (Wildman–Crippen MR) is 68.5 cm³/mol. The number of hydrogen-bond donors (Lipinski definition) is 2. The third-order valence-electron chi connectivity index (χ3n) is 2.14. The van der Waals surface area contributed by atoms with Crippen molar-refractivity contribution in [3.05, 3.63) is 34.7 Å². The maximum atomic E-state index is 11.6. The minimum atomic E-state index is -0.307. The lowest BCUT2D eigenvalue weighted by Gasteiger charge is -2.03. The van der Waals surface area contributed by atoms with Crippen LogP contribution in [0.5, 0.6) is 0 Å². The number of carbonyl (C=O) groups excluding carboxylic acids is 2. The molecule has 0 bridgehead atoms. The highest BCUT2D eigenvalue weighted by Crippen LogP contribution is 2.07. The highest BCUT2D eigenvalue weighted by molar-refractivity contribution is 7.12. The van der Waals surface area contributed by atoms with Gasteiger partial charge in [-0.1, -0.05) is 6.07 Å². The number of nitrogens with zero attached hydrogens (tertiary/aromatic N) is 2. The van der Waals surface area contributed by atoms with Gasteiger partial charge in [0.05, 0.1) is 11.4 Å². The molecule has 0 aliphatic heterocycles. The van der Waals surface area contributed by atoms with Crippen molar-refractivity contribution in [3.63, 3.8) is 0 Å². The minimum absolute atomic E-state index is 0.0761. The molecule has 2 aromatic heterocycles. The molecule has 0 aliphatic carbocycles. The van der Waals surface area contributed by atoms with Crippen LogP contribution in [-0.4, -0.2) is 28.1 Å². The monoisotopic (exact) mass is 264 g/mol. The van der Waals surface area contributed by atoms with Crippen molar-refractivity contribution < 1.29 is 9.59 Å². The normalized spacial score (nSPS) is 10.1. The SMILES string of the molecule is Cn1ccc(NC(=O)CNC(=O)c2cccs2)n1. The molecule has 0 radical (unpaired) electrons. The van der Waals surface area contributed by atoms with Crippen LogP contribution < -0.4 is 10.6 Å². The molecule has 2 aromatic rings. The Kier molecular flexibility index (Phi) is 3.73. The maximum Gasteiger partial charge on any atom is 0.261 e. The van der Waals surface area contributed by atoms with E-state index in [1.54, 1.807) is 36.1 Å². The Morgan fingerprint density at radius 2 is 2.28 bits per heavy atom. The Morgan fingerprint density at radius 1 is 1.44 bits per heavy atom. The molecule has 0 aliphatic rings. The molecule has 2 rings (SSSR count). The topological polar surface area (TPSA) is 76.0 Å². The number of thiophene rings is 1. The van der Waals surface area contributed by atoms with Gasteiger partial charge in [0.15, 0.2) is 5.82 Å². The first kappa shape index (κ1) is 12.3. The van der Waals surface area contributed by atoms with Gasteiger partial charge >= 0.3 is 0 Å². The molecule has 0 spiro atoms. The second-order valence-corrected chi connectivity index (χ2v) is 4.53. The minimum Gasteiger partial charge on any atom is -0.342 e. The molecular formula is C11H12N4O2S. The molecule has 2 N–H and O–H groups in total. The molecule has 0 saturated heterocycles. The van der Waals surface area contributed by atoms with Gasteiger partial charge in [0, 0.05) is 19.3 Å². The van der Waals surface area contributed by atoms with E-state index in [4.69, 9.17) is 0 Å². The van der Waals surface area contributed by atoms with Gasteiger partial charge in [-0.05, 0) is 11.4 Å². The van der Waals surface area contributed by atoms with Crippen LogP contribution in [0.1, 0.15) is 9.67 Å². The van der Waals surface area contributed by atoms with E-state index < -0.39 is 0 Å². The van der Waals surface area contributed by atoms with Crippen LogP contribution in [0.15, 0.2) is 29.8 Å². The molecular weight excluding hydrogens is 252 g/mol. The maximum absolute atomic E-state index is 11.6. The van der Waals surface area contributed by atoms with Crippen LogP contribution in [0, 0.1) is 0 Å². The van der Waals surface area contributed by atoms with Gasteiger partial charge in [0.25, 0.3) is 5.91 Å². The van der Waals surface area contributed by atoms with E-state index >= 15 is 0 Å². The molecule has 7 heteroatoms. The summed E-state index contributed by atoms with van der Waals surface area (Å²) in [5, 5.41) is 10.9. The van der Waals surface area contributed by atoms with Gasteiger partial charge in [-0.3, -0.25) is 14.3 Å². The summed E-state index contributed by atoms with van der Waals surface area (Å²) in [5.74, 6) is -0.0901. The molecule has 2 heterocycles. The first-order chi connectivity index (χ1) is 8.65. The molecule has 0 fully saturated rings. The third-order valence-corrected chi connectivity index (χ3v) is 3.00. The molecule has 94 valence electrons. The van der Waals surface area contributed by atoms with E-state index in [9.17, 15) is 9.59 Å². The Bertz CT molecular complexity index is 547. The van der Waals surface area contributed by atoms with Crippen LogP contribution in [0.25, 0.3) is 0 Å². The summed E-state index contributed by atoms with van der Waals surface area (Å²) in [6.45, 7) is -0.0761. The summed E-state index contributed by atoms with van der Waals surface area (Å²) in [4.78, 5) is 23.7. The first-order valence-electron chi connectivity index (χ1n) is 5.26. The first-order valence-corrected chi connectivity index (χ1v) is 6.14. The Labute approximate surface area is 108 Å². The number of amides is 2. The van der Waals surface area contributed by atoms with Crippen molar-refractivity contribution in [1.82, 2.24) is 15.1 Å². The average Bonchev–Trinajstić information content (AvgIpc) is 2.97. The standard InChI is InChI=1S/C11H12N4O2S/c1-15-5-4-9(14-15)13-10(16)7-12-11(17)8-3-2-6-18-8/h2-6H,7H2,1H3,(H,12,17)(H,13,14,16). The summed E-state index contributed by atoms with van der Waals surface area (Å²) in [7, 11) is 1.76. The van der Waals surface area contributed by atoms with E-state index in [0.29, 0.717) is 10.7 Å². The van der Waals surface area contributed by atoms with E-state index in [1.807, 2.05) is 5.38 Å². The van der Waals surface area contributed by atoms with Crippen LogP contribution in [0.4, 0.5) is 5.82 Å². The molecule has 2 amide bonds. The van der Waals surface area contributed by atoms with Crippen LogP contribution in [0.2, 0.25) is 0 Å². The number of carbonyl (C=O) groups is 2. The van der Waals surface area contributed by atoms with Crippen LogP contribution in [0.3, 0.4) is 0 Å². The summed E-state index contributed by atoms with van der Waals surface area (Å²) in [6.07, 6.45) is 1.72. The largest absolute Gasteiger partial charge is 0.342 e. The molecule has 0 unspecified atom stereocenters. The van der Waals surface area contributed by atoms with Gasteiger partial charge in [-0.25, -0.2) is 0 Å². The quantitative estimate of drug-likeness (QED) is 0.859. The van der Waals surface area contributed by atoms with Crippen LogP contribution >= 0.6 is 11.3 Å². The fourth-order valence-corrected chi connectivity index (χ4v) is 1.96. The lowest BCUT2D eigenvalue weighted by molar-refractivity contribution is -0.115. The highest BCUT2D eigenvalue weighted by Gasteiger charge is 2.09. The summed E-state index contributed by atoms with van der Waals surface area (Å²) in [6, 6.07) is 5.17. The van der Waals surface area contributed by atoms with Gasteiger partial charge < -0.3 is 10.6 Å². The Balaban J connectivity index is 1.80. The number of hydrogen-bond acceptors (Lipinski definition) is 4. The van der Waals surface area contributed by atoms with Gasteiger partial charge in [0.2, 0.25) is 5.91 Å². The van der Waals surface area contributed by atoms with E-state index in [2.05, 4.69) is 15.7 Å². The van der Waals surface area contributed by atoms with E-state index in [0.717, 1.165) is 0 Å². The smallest absolute Gasteiger partial charge is 0.261 e. The van der Waals surface area contributed by atoms with Crippen molar-refractivity contribution in [3.8, 4) is 0 Å². The van der Waals surface area contributed by atoms with Crippen molar-refractivity contribution in [2.75, 3.05) is 11.9 Å². The fraction of sp³-hybridized carbons (Fsp3) is 0.182. The van der Waals surface area contributed by atoms with Crippen molar-refractivity contribution in [1.29, 1.82) is 0 Å². The van der Waals surface area contributed by atoms with Crippen molar-refractivity contribution in [2.45, 2.75) is 0 Å². The Morgan fingerprint density at radius 3 is 2.89 bits per heavy atom. The summed E-state index contributed by atoms with van der Waals surface area (Å²) < 4.78 is 1.58. The molecule has 0 saturated carbocycles. The second kappa shape index (κ2) is 5.46. The number of anilines is 1. The number of aryl methyl sites for hydroxylation is 1. The zero-order chi connectivity index (χ0) is 13.0. The molecule has 6 nitrogen and oxygen atoms in total. The number of rotatable bonds is 4. The predicted octanol–water partition coefficient (Wildman–Crippen LogP) is 0.850. The molecule has 0 atom stereocenters. The van der Waals surface area contributed by atoms with Gasteiger partial charge in [-0.2, -0.15) is 5.10 Å². The zero-order valence-electron chi connectivity index (χ0n) is 9.71. The second-order valence-electron chi connectivity index (χ2n) is 3.58. The van der Waals surface area contributed by atoms with E-state index in [-0.39, 0.29) is 18.4 Å². The van der Waals surface area contributed by atoms with E-state index in [1.165, 1.54) is 11.3 Å². The molecule has 0 aromatic carbocycles. The van der Waals surface area contributed by atoms with Crippen molar-refractivity contribution >= 4 is 29.0 Å². The van der Waals surface area contributed by atoms with Gasteiger partial charge in [-0.15, -0.1) is 11.3 Å². The lowest BCUT2D eigenvalue weighted by Crippen LogP contribution is -2.32. The van der Waals surface area contributed by atoms with Crippen LogP contribution in [-0.2, 0) is 11.8 Å². The summed E-state index contributed by atoms with van der Waals surface area (Å²) in [5.41, 5.74) is 0. The summed E-state index contributed by atoms with van der Waals surface area (Å²) >= 11 is 1.33. The zero-order valence-corrected chi connectivity index (χ0v) is 10.5. The van der Waals surface area contributed by atoms with Gasteiger partial charge in [0.1, 0.15) is 0 Å². The Hall–Kier alpha value is -2.15. The van der Waals surface area contributed by atoms with Crippen molar-refractivity contribution in [2.24, 2.45) is 7.05 Å².